The summed E-state index contributed by atoms with van der Waals surface area (Å²) in [4.78, 5) is 28.0. The summed E-state index contributed by atoms with van der Waals surface area (Å²) in [6, 6.07) is 18.9. The second-order valence-corrected chi connectivity index (χ2v) is 11.1. The second kappa shape index (κ2) is 12.4. The van der Waals surface area contributed by atoms with Crippen LogP contribution < -0.4 is 9.62 Å². The fourth-order valence-corrected chi connectivity index (χ4v) is 5.83. The van der Waals surface area contributed by atoms with Crippen LogP contribution in [-0.2, 0) is 26.2 Å². The molecule has 1 N–H and O–H groups in total. The topological polar surface area (TPSA) is 86.8 Å². The van der Waals surface area contributed by atoms with Crippen LogP contribution in [0.1, 0.15) is 24.5 Å². The molecule has 2 amide bonds. The number of benzene rings is 3. The van der Waals surface area contributed by atoms with Crippen molar-refractivity contribution in [2.45, 2.75) is 37.8 Å². The number of hydrogen-bond acceptors (Lipinski definition) is 4. The van der Waals surface area contributed by atoms with E-state index in [0.717, 1.165) is 4.31 Å². The van der Waals surface area contributed by atoms with E-state index in [1.54, 1.807) is 68.4 Å². The average Bonchev–Trinajstić information content (AvgIpc) is 2.89. The van der Waals surface area contributed by atoms with Crippen molar-refractivity contribution < 1.29 is 18.0 Å². The summed E-state index contributed by atoms with van der Waals surface area (Å²) >= 11 is 12.6. The predicted octanol–water partition coefficient (Wildman–Crippen LogP) is 5.05. The molecule has 3 rings (SSSR count). The van der Waals surface area contributed by atoms with E-state index in [1.165, 1.54) is 30.1 Å². The standard InChI is InChI=1S/C27H29Cl2N3O4S/c1-4-24(27(34)30-3)31(17-20-10-8-9-13-23(20)29)26(33)18-32(25-16-21(28)15-14-19(25)2)37(35,36)22-11-6-5-7-12-22/h5-16,24H,4,17-18H2,1-3H3,(H,30,34)/t24-/m1/s1. The van der Waals surface area contributed by atoms with Crippen LogP contribution in [0.4, 0.5) is 5.69 Å². The van der Waals surface area contributed by atoms with Crippen LogP contribution in [0.5, 0.6) is 0 Å². The fourth-order valence-electron chi connectivity index (χ4n) is 3.98. The molecule has 1 atom stereocenters. The number of anilines is 1. The van der Waals surface area contributed by atoms with E-state index >= 15 is 0 Å². The van der Waals surface area contributed by atoms with Gasteiger partial charge in [-0.2, -0.15) is 0 Å². The molecule has 0 saturated heterocycles. The van der Waals surface area contributed by atoms with Crippen molar-refractivity contribution in [3.05, 3.63) is 94.0 Å². The maximum atomic E-state index is 13.9. The van der Waals surface area contributed by atoms with Gasteiger partial charge in [0.25, 0.3) is 10.0 Å². The Labute approximate surface area is 228 Å². The van der Waals surface area contributed by atoms with Crippen molar-refractivity contribution in [3.8, 4) is 0 Å². The summed E-state index contributed by atoms with van der Waals surface area (Å²) in [5.74, 6) is -0.923. The second-order valence-electron chi connectivity index (χ2n) is 8.41. The number of hydrogen-bond donors (Lipinski definition) is 1. The van der Waals surface area contributed by atoms with Gasteiger partial charge in [0.2, 0.25) is 11.8 Å². The number of nitrogens with one attached hydrogen (secondary N) is 1. The Balaban J connectivity index is 2.11. The lowest BCUT2D eigenvalue weighted by atomic mass is 10.1. The highest BCUT2D eigenvalue weighted by molar-refractivity contribution is 7.92. The molecule has 7 nitrogen and oxygen atoms in total. The maximum Gasteiger partial charge on any atom is 0.264 e. The highest BCUT2D eigenvalue weighted by Gasteiger charge is 2.34. The van der Waals surface area contributed by atoms with Crippen LogP contribution >= 0.6 is 23.2 Å². The number of nitrogens with zero attached hydrogens (tertiary/aromatic N) is 2. The van der Waals surface area contributed by atoms with E-state index in [9.17, 15) is 18.0 Å². The minimum Gasteiger partial charge on any atom is -0.357 e. The van der Waals surface area contributed by atoms with Gasteiger partial charge in [-0.3, -0.25) is 13.9 Å². The molecule has 0 heterocycles. The minimum atomic E-state index is -4.16. The first kappa shape index (κ1) is 28.5. The molecule has 0 aliphatic rings. The summed E-state index contributed by atoms with van der Waals surface area (Å²) in [5, 5.41) is 3.36. The molecular weight excluding hydrogens is 533 g/mol. The van der Waals surface area contributed by atoms with Crippen LogP contribution in [0.2, 0.25) is 10.0 Å². The third kappa shape index (κ3) is 6.63. The average molecular weight is 563 g/mol. The number of carbonyl (C=O) groups is 2. The summed E-state index contributed by atoms with van der Waals surface area (Å²) in [6.07, 6.45) is 0.317. The molecule has 196 valence electrons. The Morgan fingerprint density at radius 2 is 1.62 bits per heavy atom. The molecule has 0 saturated carbocycles. The number of rotatable bonds is 10. The van der Waals surface area contributed by atoms with E-state index in [-0.39, 0.29) is 23.0 Å². The zero-order valence-corrected chi connectivity index (χ0v) is 23.1. The number of halogens is 2. The molecule has 0 radical (unpaired) electrons. The van der Waals surface area contributed by atoms with Crippen molar-refractivity contribution in [2.24, 2.45) is 0 Å². The first-order valence-corrected chi connectivity index (χ1v) is 13.9. The van der Waals surface area contributed by atoms with Crippen molar-refractivity contribution in [2.75, 3.05) is 17.9 Å². The Hall–Kier alpha value is -3.07. The molecule has 0 aliphatic heterocycles. The largest absolute Gasteiger partial charge is 0.357 e. The van der Waals surface area contributed by atoms with Gasteiger partial charge in [-0.25, -0.2) is 8.42 Å². The Morgan fingerprint density at radius 1 is 0.973 bits per heavy atom. The van der Waals surface area contributed by atoms with E-state index in [4.69, 9.17) is 23.2 Å². The minimum absolute atomic E-state index is 0.0260. The lowest BCUT2D eigenvalue weighted by Crippen LogP contribution is -2.51. The molecule has 37 heavy (non-hydrogen) atoms. The smallest absolute Gasteiger partial charge is 0.264 e. The number of likely N-dealkylation sites (N-methyl/N-ethyl adjacent to an activating group) is 1. The number of amides is 2. The van der Waals surface area contributed by atoms with Crippen LogP contribution in [0.25, 0.3) is 0 Å². The Bertz CT molecular complexity index is 1370. The van der Waals surface area contributed by atoms with Crippen molar-refractivity contribution in [1.29, 1.82) is 0 Å². The lowest BCUT2D eigenvalue weighted by molar-refractivity contribution is -0.140. The van der Waals surface area contributed by atoms with Gasteiger partial charge in [0.15, 0.2) is 0 Å². The van der Waals surface area contributed by atoms with Crippen molar-refractivity contribution in [1.82, 2.24) is 10.2 Å². The molecule has 3 aromatic carbocycles. The van der Waals surface area contributed by atoms with Gasteiger partial charge in [0.1, 0.15) is 12.6 Å². The normalized spacial score (nSPS) is 12.0. The summed E-state index contributed by atoms with van der Waals surface area (Å²) < 4.78 is 28.7. The SMILES string of the molecule is CC[C@H](C(=O)NC)N(Cc1ccccc1Cl)C(=O)CN(c1cc(Cl)ccc1C)S(=O)(=O)c1ccccc1. The molecule has 0 bridgehead atoms. The van der Waals surface area contributed by atoms with Crippen LogP contribution in [0.15, 0.2) is 77.7 Å². The quantitative estimate of drug-likeness (QED) is 0.375. The van der Waals surface area contributed by atoms with Gasteiger partial charge in [-0.1, -0.05) is 72.6 Å². The van der Waals surface area contributed by atoms with Gasteiger partial charge >= 0.3 is 0 Å². The van der Waals surface area contributed by atoms with E-state index in [0.29, 0.717) is 27.6 Å². The zero-order valence-electron chi connectivity index (χ0n) is 20.8. The van der Waals surface area contributed by atoms with Gasteiger partial charge in [0.05, 0.1) is 10.6 Å². The van der Waals surface area contributed by atoms with Gasteiger partial charge in [-0.15, -0.1) is 0 Å². The summed E-state index contributed by atoms with van der Waals surface area (Å²) in [6.45, 7) is 3.01. The lowest BCUT2D eigenvalue weighted by Gasteiger charge is -2.33. The molecule has 3 aromatic rings. The van der Waals surface area contributed by atoms with Gasteiger partial charge < -0.3 is 10.2 Å². The summed E-state index contributed by atoms with van der Waals surface area (Å²) in [5.41, 5.74) is 1.53. The zero-order chi connectivity index (χ0) is 27.2. The molecule has 0 fully saturated rings. The molecule has 0 unspecified atom stereocenters. The maximum absolute atomic E-state index is 13.9. The molecule has 0 aliphatic carbocycles. The third-order valence-corrected chi connectivity index (χ3v) is 8.36. The van der Waals surface area contributed by atoms with Crippen molar-refractivity contribution >= 4 is 50.7 Å². The summed E-state index contributed by atoms with van der Waals surface area (Å²) in [7, 11) is -2.67. The first-order valence-electron chi connectivity index (χ1n) is 11.7. The highest BCUT2D eigenvalue weighted by Crippen LogP contribution is 2.30. The van der Waals surface area contributed by atoms with Crippen molar-refractivity contribution in [3.63, 3.8) is 0 Å². The van der Waals surface area contributed by atoms with E-state index in [2.05, 4.69) is 5.32 Å². The monoisotopic (exact) mass is 561 g/mol. The first-order chi connectivity index (χ1) is 17.6. The number of carbonyl (C=O) groups excluding carboxylic acids is 2. The molecule has 10 heteroatoms. The highest BCUT2D eigenvalue weighted by atomic mass is 35.5. The third-order valence-electron chi connectivity index (χ3n) is 5.98. The molecule has 0 spiro atoms. The Kier molecular flexibility index (Phi) is 9.59. The van der Waals surface area contributed by atoms with Gasteiger partial charge in [0, 0.05) is 23.6 Å². The fraction of sp³-hybridized carbons (Fsp3) is 0.259. The van der Waals surface area contributed by atoms with Crippen LogP contribution in [0.3, 0.4) is 0 Å². The van der Waals surface area contributed by atoms with Crippen LogP contribution in [-0.4, -0.2) is 44.8 Å². The molecular formula is C27H29Cl2N3O4S. The van der Waals surface area contributed by atoms with E-state index in [1.807, 2.05) is 0 Å². The van der Waals surface area contributed by atoms with Gasteiger partial charge in [-0.05, 0) is 54.8 Å². The molecule has 0 aromatic heterocycles. The van der Waals surface area contributed by atoms with Crippen LogP contribution in [0, 0.1) is 6.92 Å². The van der Waals surface area contributed by atoms with E-state index < -0.39 is 28.5 Å². The number of aryl methyl sites for hydroxylation is 1. The predicted molar refractivity (Wildman–Crippen MR) is 147 cm³/mol. The number of sulfonamides is 1. The Morgan fingerprint density at radius 3 is 2.24 bits per heavy atom.